The van der Waals surface area contributed by atoms with E-state index in [0.29, 0.717) is 54.2 Å². The van der Waals surface area contributed by atoms with Crippen LogP contribution in [0, 0.1) is 5.92 Å². The fourth-order valence-corrected chi connectivity index (χ4v) is 5.73. The Balaban J connectivity index is 1.21. The summed E-state index contributed by atoms with van der Waals surface area (Å²) >= 11 is 6.31. The van der Waals surface area contributed by atoms with E-state index in [0.717, 1.165) is 5.39 Å². The summed E-state index contributed by atoms with van der Waals surface area (Å²) < 4.78 is 39.4. The summed E-state index contributed by atoms with van der Waals surface area (Å²) in [5, 5.41) is 1.15. The molecular formula is C24H22ClN3O5S. The van der Waals surface area contributed by atoms with Gasteiger partial charge in [0, 0.05) is 35.7 Å². The Labute approximate surface area is 202 Å². The van der Waals surface area contributed by atoms with Gasteiger partial charge in [0.25, 0.3) is 10.0 Å². The van der Waals surface area contributed by atoms with Gasteiger partial charge in [-0.1, -0.05) is 23.7 Å². The highest BCUT2D eigenvalue weighted by Crippen LogP contribution is 2.30. The van der Waals surface area contributed by atoms with E-state index in [2.05, 4.69) is 9.38 Å². The highest BCUT2D eigenvalue weighted by molar-refractivity contribution is 7.90. The first kappa shape index (κ1) is 22.6. The lowest BCUT2D eigenvalue weighted by atomic mass is 9.96. The van der Waals surface area contributed by atoms with Crippen LogP contribution in [-0.2, 0) is 26.2 Å². The molecule has 0 atom stereocenters. The van der Waals surface area contributed by atoms with Gasteiger partial charge in [0.15, 0.2) is 5.84 Å². The molecule has 0 amide bonds. The molecule has 0 spiro atoms. The molecule has 3 aromatic rings. The minimum atomic E-state index is -3.67. The van der Waals surface area contributed by atoms with E-state index in [9.17, 15) is 13.2 Å². The van der Waals surface area contributed by atoms with E-state index < -0.39 is 10.0 Å². The van der Waals surface area contributed by atoms with Crippen LogP contribution in [0.2, 0.25) is 5.15 Å². The van der Waals surface area contributed by atoms with E-state index in [1.54, 1.807) is 37.4 Å². The molecule has 34 heavy (non-hydrogen) atoms. The van der Waals surface area contributed by atoms with Crippen LogP contribution < -0.4 is 4.74 Å². The highest BCUT2D eigenvalue weighted by Gasteiger charge is 2.34. The second-order valence-electron chi connectivity index (χ2n) is 8.25. The largest absolute Gasteiger partial charge is 0.497 e. The first-order valence-electron chi connectivity index (χ1n) is 10.8. The van der Waals surface area contributed by atoms with Gasteiger partial charge in [-0.3, -0.25) is 4.79 Å². The Morgan fingerprint density at radius 1 is 1.15 bits per heavy atom. The fraction of sp³-hybridized carbons (Fsp3) is 0.292. The van der Waals surface area contributed by atoms with Crippen LogP contribution in [0.5, 0.6) is 5.75 Å². The Bertz CT molecular complexity index is 1420. The van der Waals surface area contributed by atoms with Crippen molar-refractivity contribution in [3.63, 3.8) is 0 Å². The summed E-state index contributed by atoms with van der Waals surface area (Å²) in [6.07, 6.45) is 1.09. The van der Waals surface area contributed by atoms with Crippen LogP contribution in [0.4, 0.5) is 0 Å². The highest BCUT2D eigenvalue weighted by atomic mass is 35.5. The van der Waals surface area contributed by atoms with Crippen molar-refractivity contribution in [3.05, 3.63) is 64.8 Å². The normalized spacial score (nSPS) is 17.4. The zero-order valence-electron chi connectivity index (χ0n) is 18.4. The first-order valence-corrected chi connectivity index (χ1v) is 12.7. The van der Waals surface area contributed by atoms with Gasteiger partial charge in [-0.15, -0.1) is 4.40 Å². The number of rotatable bonds is 4. The number of likely N-dealkylation sites (tertiary alicyclic amines) is 1. The lowest BCUT2D eigenvalue weighted by Crippen LogP contribution is -2.40. The Hall–Kier alpha value is -3.17. The summed E-state index contributed by atoms with van der Waals surface area (Å²) in [5.41, 5.74) is 1.94. The summed E-state index contributed by atoms with van der Waals surface area (Å²) in [4.78, 5) is 19.2. The molecule has 0 aliphatic carbocycles. The number of halogens is 1. The number of amidine groups is 1. The minimum Gasteiger partial charge on any atom is -0.497 e. The smallest absolute Gasteiger partial charge is 0.309 e. The predicted molar refractivity (Wildman–Crippen MR) is 128 cm³/mol. The van der Waals surface area contributed by atoms with Gasteiger partial charge in [0.05, 0.1) is 18.5 Å². The molecule has 0 saturated carbocycles. The van der Waals surface area contributed by atoms with Crippen molar-refractivity contribution in [3.8, 4) is 5.75 Å². The number of carbonyl (C=O) groups is 1. The lowest BCUT2D eigenvalue weighted by Gasteiger charge is -2.32. The molecule has 2 aliphatic heterocycles. The van der Waals surface area contributed by atoms with E-state index in [1.807, 2.05) is 23.1 Å². The fourth-order valence-electron chi connectivity index (χ4n) is 4.31. The van der Waals surface area contributed by atoms with Crippen LogP contribution in [0.1, 0.15) is 24.0 Å². The molecule has 0 N–H and O–H groups in total. The molecule has 0 unspecified atom stereocenters. The number of ether oxygens (including phenoxy) is 2. The van der Waals surface area contributed by atoms with Crippen molar-refractivity contribution in [2.75, 3.05) is 20.2 Å². The molecule has 1 fully saturated rings. The average molecular weight is 500 g/mol. The number of aromatic nitrogens is 1. The molecule has 2 aromatic carbocycles. The minimum absolute atomic E-state index is 0.0329. The number of hydrogen-bond donors (Lipinski definition) is 0. The van der Waals surface area contributed by atoms with Crippen molar-refractivity contribution in [1.82, 2.24) is 9.88 Å². The van der Waals surface area contributed by atoms with Crippen molar-refractivity contribution < 1.29 is 22.7 Å². The van der Waals surface area contributed by atoms with Crippen molar-refractivity contribution in [1.29, 1.82) is 0 Å². The SMILES string of the molecule is COc1ccc2cc(COC(=O)C3CCN(C4=NS(=O)(=O)c5ccccc54)CC3)c(Cl)nc2c1. The topological polar surface area (TPSA) is 98.2 Å². The standard InChI is InChI=1S/C24H22ClN3O5S/c1-32-18-7-6-16-12-17(22(25)26-20(16)13-18)14-33-24(29)15-8-10-28(11-9-15)23-19-4-2-3-5-21(19)34(30,31)27-23/h2-7,12-13,15H,8-11,14H2,1H3. The molecule has 0 bridgehead atoms. The van der Waals surface area contributed by atoms with Gasteiger partial charge < -0.3 is 14.4 Å². The summed E-state index contributed by atoms with van der Waals surface area (Å²) in [6, 6.07) is 14.2. The maximum absolute atomic E-state index is 12.7. The molecule has 10 heteroatoms. The van der Waals surface area contributed by atoms with Gasteiger partial charge in [-0.2, -0.15) is 8.42 Å². The number of fused-ring (bicyclic) bond motifs is 2. The second kappa shape index (κ2) is 8.88. The number of sulfonamides is 1. The maximum Gasteiger partial charge on any atom is 0.309 e. The van der Waals surface area contributed by atoms with E-state index in [1.165, 1.54) is 0 Å². The Morgan fingerprint density at radius 2 is 1.91 bits per heavy atom. The van der Waals surface area contributed by atoms with Gasteiger partial charge in [0.2, 0.25) is 0 Å². The Kier molecular flexibility index (Phi) is 5.91. The third-order valence-corrected chi connectivity index (χ3v) is 7.81. The summed E-state index contributed by atoms with van der Waals surface area (Å²) in [5.74, 6) is 0.563. The van der Waals surface area contributed by atoms with Crippen LogP contribution in [0.25, 0.3) is 10.9 Å². The third kappa shape index (κ3) is 4.21. The van der Waals surface area contributed by atoms with Crippen molar-refractivity contribution in [2.45, 2.75) is 24.3 Å². The van der Waals surface area contributed by atoms with E-state index in [-0.39, 0.29) is 28.5 Å². The molecule has 0 radical (unpaired) electrons. The van der Waals surface area contributed by atoms with Crippen LogP contribution in [-0.4, -0.2) is 50.3 Å². The zero-order chi connectivity index (χ0) is 23.9. The summed E-state index contributed by atoms with van der Waals surface area (Å²) in [6.45, 7) is 1.07. The van der Waals surface area contributed by atoms with E-state index in [4.69, 9.17) is 21.1 Å². The predicted octanol–water partition coefficient (Wildman–Crippen LogP) is 3.80. The molecule has 2 aliphatic rings. The van der Waals surface area contributed by atoms with Crippen LogP contribution in [0.15, 0.2) is 57.8 Å². The van der Waals surface area contributed by atoms with Crippen LogP contribution >= 0.6 is 11.6 Å². The van der Waals surface area contributed by atoms with Crippen molar-refractivity contribution in [2.24, 2.45) is 10.3 Å². The third-order valence-electron chi connectivity index (χ3n) is 6.16. The molecule has 1 saturated heterocycles. The number of carbonyl (C=O) groups excluding carboxylic acids is 1. The molecule has 5 rings (SSSR count). The quantitative estimate of drug-likeness (QED) is 0.397. The number of benzene rings is 2. The van der Waals surface area contributed by atoms with Gasteiger partial charge in [-0.25, -0.2) is 4.98 Å². The maximum atomic E-state index is 12.7. The van der Waals surface area contributed by atoms with Gasteiger partial charge >= 0.3 is 5.97 Å². The molecule has 176 valence electrons. The van der Waals surface area contributed by atoms with Crippen LogP contribution in [0.3, 0.4) is 0 Å². The average Bonchev–Trinajstić information content (AvgIpc) is 3.13. The zero-order valence-corrected chi connectivity index (χ0v) is 20.0. The van der Waals surface area contributed by atoms with Gasteiger partial charge in [0.1, 0.15) is 22.4 Å². The molecular weight excluding hydrogens is 478 g/mol. The number of pyridine rings is 1. The second-order valence-corrected chi connectivity index (χ2v) is 10.2. The first-order chi connectivity index (χ1) is 16.4. The number of hydrogen-bond acceptors (Lipinski definition) is 7. The van der Waals surface area contributed by atoms with Gasteiger partial charge in [-0.05, 0) is 43.2 Å². The number of esters is 1. The monoisotopic (exact) mass is 499 g/mol. The van der Waals surface area contributed by atoms with E-state index >= 15 is 0 Å². The number of piperidine rings is 1. The van der Waals surface area contributed by atoms with Crippen molar-refractivity contribution >= 4 is 44.3 Å². The number of methoxy groups -OCH3 is 1. The molecule has 1 aromatic heterocycles. The Morgan fingerprint density at radius 3 is 2.68 bits per heavy atom. The lowest BCUT2D eigenvalue weighted by molar-refractivity contribution is -0.151. The summed E-state index contributed by atoms with van der Waals surface area (Å²) in [7, 11) is -2.08. The molecule has 3 heterocycles. The molecule has 8 nitrogen and oxygen atoms in total. The number of nitrogens with zero attached hydrogens (tertiary/aromatic N) is 3.